The molecule has 1 amide bonds. The minimum Gasteiger partial charge on any atom is -0.375 e. The third kappa shape index (κ3) is 4.92. The van der Waals surface area contributed by atoms with Crippen LogP contribution in [0.15, 0.2) is 54.9 Å². The van der Waals surface area contributed by atoms with Crippen molar-refractivity contribution < 1.29 is 9.53 Å². The van der Waals surface area contributed by atoms with Gasteiger partial charge in [-0.3, -0.25) is 9.69 Å². The van der Waals surface area contributed by atoms with Crippen molar-refractivity contribution in [3.05, 3.63) is 82.8 Å². The molecule has 1 aliphatic carbocycles. The molecule has 2 aliphatic rings. The van der Waals surface area contributed by atoms with E-state index in [0.717, 1.165) is 52.9 Å². The third-order valence-corrected chi connectivity index (χ3v) is 7.26. The molecule has 0 radical (unpaired) electrons. The van der Waals surface area contributed by atoms with Gasteiger partial charge in [-0.25, -0.2) is 4.98 Å². The predicted octanol–water partition coefficient (Wildman–Crippen LogP) is 4.19. The second kappa shape index (κ2) is 10.4. The lowest BCUT2D eigenvalue weighted by Gasteiger charge is -2.18. The zero-order valence-corrected chi connectivity index (χ0v) is 22.0. The van der Waals surface area contributed by atoms with Gasteiger partial charge in [-0.2, -0.15) is 5.26 Å². The third-order valence-electron chi connectivity index (χ3n) is 7.26. The van der Waals surface area contributed by atoms with Gasteiger partial charge in [0.15, 0.2) is 5.82 Å². The number of hydrogen-bond donors (Lipinski definition) is 1. The number of likely N-dealkylation sites (N-methyl/N-ethyl adjacent to an activating group) is 1. The van der Waals surface area contributed by atoms with Crippen LogP contribution in [0.25, 0.3) is 22.5 Å². The van der Waals surface area contributed by atoms with E-state index in [-0.39, 0.29) is 5.91 Å². The summed E-state index contributed by atoms with van der Waals surface area (Å²) >= 11 is 0. The molecule has 0 bridgehead atoms. The summed E-state index contributed by atoms with van der Waals surface area (Å²) < 4.78 is 7.55. The van der Waals surface area contributed by atoms with Gasteiger partial charge in [-0.05, 0) is 72.5 Å². The first-order valence-electron chi connectivity index (χ1n) is 13.1. The lowest BCUT2D eigenvalue weighted by atomic mass is 9.96. The Labute approximate surface area is 227 Å². The number of nitrogens with zero attached hydrogens (tertiary/aromatic N) is 6. The van der Waals surface area contributed by atoms with E-state index in [1.165, 1.54) is 0 Å². The van der Waals surface area contributed by atoms with Gasteiger partial charge in [0.1, 0.15) is 12.1 Å². The van der Waals surface area contributed by atoms with Gasteiger partial charge in [0, 0.05) is 36.3 Å². The molecule has 2 aromatic heterocycles. The largest absolute Gasteiger partial charge is 0.375 e. The molecule has 3 heterocycles. The van der Waals surface area contributed by atoms with Crippen LogP contribution in [0, 0.1) is 11.3 Å². The van der Waals surface area contributed by atoms with E-state index < -0.39 is 0 Å². The van der Waals surface area contributed by atoms with E-state index in [9.17, 15) is 10.1 Å². The molecule has 0 unspecified atom stereocenters. The highest BCUT2D eigenvalue weighted by Crippen LogP contribution is 2.43. The van der Waals surface area contributed by atoms with Crippen LogP contribution in [0.1, 0.15) is 51.5 Å². The number of anilines is 1. The number of rotatable bonds is 9. The molecule has 1 N–H and O–H groups in total. The summed E-state index contributed by atoms with van der Waals surface area (Å²) in [5.74, 6) is 1.64. The maximum absolute atomic E-state index is 13.6. The van der Waals surface area contributed by atoms with E-state index in [0.29, 0.717) is 48.4 Å². The number of fused-ring (bicyclic) bond motifs is 1. The first-order chi connectivity index (χ1) is 19.1. The highest BCUT2D eigenvalue weighted by molar-refractivity contribution is 6.10. The van der Waals surface area contributed by atoms with Crippen LogP contribution >= 0.6 is 0 Å². The molecule has 1 aliphatic heterocycles. The first kappa shape index (κ1) is 24.9. The average Bonchev–Trinajstić information content (AvgIpc) is 3.65. The summed E-state index contributed by atoms with van der Waals surface area (Å²) in [6, 6.07) is 17.9. The molecule has 0 spiro atoms. The Morgan fingerprint density at radius 2 is 1.97 bits per heavy atom. The molecule has 9 nitrogen and oxygen atoms in total. The summed E-state index contributed by atoms with van der Waals surface area (Å²) in [4.78, 5) is 20.4. The summed E-state index contributed by atoms with van der Waals surface area (Å²) in [7, 11) is 3.77. The number of carbonyl (C=O) groups is 1. The van der Waals surface area contributed by atoms with Crippen molar-refractivity contribution in [2.24, 2.45) is 7.05 Å². The zero-order valence-electron chi connectivity index (χ0n) is 22.0. The molecular formula is C30H29N7O2. The number of aryl methyl sites for hydroxylation is 1. The Morgan fingerprint density at radius 1 is 1.10 bits per heavy atom. The number of nitriles is 1. The van der Waals surface area contributed by atoms with Gasteiger partial charge in [-0.15, -0.1) is 10.2 Å². The Bertz CT molecular complexity index is 1600. The smallest absolute Gasteiger partial charge is 0.260 e. The van der Waals surface area contributed by atoms with E-state index in [1.54, 1.807) is 11.2 Å². The van der Waals surface area contributed by atoms with Crippen molar-refractivity contribution in [3.8, 4) is 28.6 Å². The Morgan fingerprint density at radius 3 is 2.72 bits per heavy atom. The van der Waals surface area contributed by atoms with Crippen molar-refractivity contribution in [1.82, 2.24) is 25.1 Å². The quantitative estimate of drug-likeness (QED) is 0.330. The molecule has 9 heteroatoms. The Balaban J connectivity index is 1.37. The van der Waals surface area contributed by atoms with Gasteiger partial charge in [0.2, 0.25) is 0 Å². The number of amides is 1. The van der Waals surface area contributed by atoms with Gasteiger partial charge >= 0.3 is 0 Å². The van der Waals surface area contributed by atoms with Crippen LogP contribution in [-0.4, -0.2) is 45.9 Å². The normalized spacial score (nSPS) is 14.5. The summed E-state index contributed by atoms with van der Waals surface area (Å²) in [6.07, 6.45) is 3.82. The van der Waals surface area contributed by atoms with Gasteiger partial charge in [0.25, 0.3) is 5.91 Å². The topological polar surface area (TPSA) is 109 Å². The maximum Gasteiger partial charge on any atom is 0.260 e. The Hall–Kier alpha value is -4.39. The van der Waals surface area contributed by atoms with Crippen molar-refractivity contribution in [2.45, 2.75) is 31.9 Å². The van der Waals surface area contributed by atoms with E-state index in [4.69, 9.17) is 9.72 Å². The van der Waals surface area contributed by atoms with Crippen molar-refractivity contribution in [3.63, 3.8) is 0 Å². The summed E-state index contributed by atoms with van der Waals surface area (Å²) in [5, 5.41) is 21.0. The molecular weight excluding hydrogens is 490 g/mol. The fraction of sp³-hybridized carbons (Fsp3) is 0.300. The van der Waals surface area contributed by atoms with Crippen molar-refractivity contribution in [2.75, 3.05) is 25.1 Å². The first-order valence-corrected chi connectivity index (χ1v) is 13.1. The number of pyridine rings is 1. The van der Waals surface area contributed by atoms with Crippen LogP contribution in [0.3, 0.4) is 0 Å². The average molecular weight is 520 g/mol. The van der Waals surface area contributed by atoms with Crippen LogP contribution in [-0.2, 0) is 24.9 Å². The van der Waals surface area contributed by atoms with E-state index >= 15 is 0 Å². The maximum atomic E-state index is 13.6. The number of nitrogens with one attached hydrogen (secondary N) is 1. The standard InChI is InChI=1S/C30H29N7O2/c1-32-9-10-39-17-20-3-5-22-16-37(30(38)25(22)12-20)28-14-23(13-27(34-28)21-6-7-21)24-8-4-19(15-31)11-26(24)29-35-33-18-36(29)2/h3-5,8,11-14,18,21,32H,6-7,9-10,16-17H2,1-2H3. The molecule has 4 aromatic rings. The highest BCUT2D eigenvalue weighted by Gasteiger charge is 2.32. The minimum absolute atomic E-state index is 0.0539. The molecule has 196 valence electrons. The molecule has 1 fully saturated rings. The van der Waals surface area contributed by atoms with Crippen LogP contribution in [0.4, 0.5) is 5.82 Å². The van der Waals surface area contributed by atoms with E-state index in [1.807, 2.05) is 61.1 Å². The SMILES string of the molecule is CNCCOCc1ccc2c(c1)C(=O)N(c1cc(-c3ccc(C#N)cc3-c3nncn3C)cc(C3CC3)n1)C2. The molecule has 0 saturated heterocycles. The monoisotopic (exact) mass is 519 g/mol. The van der Waals surface area contributed by atoms with Gasteiger partial charge < -0.3 is 14.6 Å². The zero-order chi connectivity index (χ0) is 26.9. The molecule has 6 rings (SSSR count). The number of aromatic nitrogens is 4. The fourth-order valence-electron chi connectivity index (χ4n) is 4.98. The molecule has 0 atom stereocenters. The summed E-state index contributed by atoms with van der Waals surface area (Å²) in [6.45, 7) is 2.32. The highest BCUT2D eigenvalue weighted by atomic mass is 16.5. The van der Waals surface area contributed by atoms with Crippen LogP contribution in [0.2, 0.25) is 0 Å². The fourth-order valence-corrected chi connectivity index (χ4v) is 4.98. The molecule has 2 aromatic carbocycles. The minimum atomic E-state index is -0.0539. The van der Waals surface area contributed by atoms with Crippen molar-refractivity contribution in [1.29, 1.82) is 5.26 Å². The number of benzene rings is 2. The second-order valence-electron chi connectivity index (χ2n) is 10.1. The molecule has 39 heavy (non-hydrogen) atoms. The number of ether oxygens (including phenoxy) is 1. The molecule has 1 saturated carbocycles. The number of carbonyl (C=O) groups excluding carboxylic acids is 1. The van der Waals surface area contributed by atoms with Crippen LogP contribution < -0.4 is 10.2 Å². The predicted molar refractivity (Wildman–Crippen MR) is 147 cm³/mol. The number of hydrogen-bond acceptors (Lipinski definition) is 7. The Kier molecular flexibility index (Phi) is 6.65. The second-order valence-corrected chi connectivity index (χ2v) is 10.1. The van der Waals surface area contributed by atoms with E-state index in [2.05, 4.69) is 27.6 Å². The van der Waals surface area contributed by atoms with Crippen molar-refractivity contribution >= 4 is 11.7 Å². The lowest BCUT2D eigenvalue weighted by molar-refractivity contribution is 0.0995. The van der Waals surface area contributed by atoms with Gasteiger partial charge in [0.05, 0.1) is 31.4 Å². The van der Waals surface area contributed by atoms with Crippen LogP contribution in [0.5, 0.6) is 0 Å². The lowest BCUT2D eigenvalue weighted by Crippen LogP contribution is -2.24. The summed E-state index contributed by atoms with van der Waals surface area (Å²) in [5.41, 5.74) is 6.86. The van der Waals surface area contributed by atoms with Gasteiger partial charge in [-0.1, -0.05) is 18.2 Å².